The molecule has 0 atom stereocenters. The Kier molecular flexibility index (Phi) is 9.57. The fraction of sp³-hybridized carbons (Fsp3) is 0.0256. The van der Waals surface area contributed by atoms with Gasteiger partial charge in [0.2, 0.25) is 0 Å². The molecule has 0 N–H and O–H groups in total. The molecular weight excluding hydrogens is 990 g/mol. The summed E-state index contributed by atoms with van der Waals surface area (Å²) in [5, 5.41) is 7.72. The van der Waals surface area contributed by atoms with Crippen molar-refractivity contribution in [3.63, 3.8) is 0 Å². The van der Waals surface area contributed by atoms with Gasteiger partial charge in [-0.1, -0.05) is 229 Å². The quantitative estimate of drug-likeness (QED) is 0.122. The smallest absolute Gasteiger partial charge is 0.252 e. The number of rotatable bonds is 6. The van der Waals surface area contributed by atoms with Crippen LogP contribution in [0.3, 0.4) is 0 Å². The van der Waals surface area contributed by atoms with E-state index in [1.54, 1.807) is 0 Å². The van der Waals surface area contributed by atoms with Gasteiger partial charge in [0.05, 0.1) is 0 Å². The minimum Gasteiger partial charge on any atom is -0.458 e. The van der Waals surface area contributed by atoms with Crippen molar-refractivity contribution in [1.29, 1.82) is 0 Å². The highest BCUT2D eigenvalue weighted by Gasteiger charge is 2.45. The number of ether oxygens (including phenoxy) is 2. The molecule has 0 saturated heterocycles. The van der Waals surface area contributed by atoms with Crippen LogP contribution in [-0.2, 0) is 0 Å². The molecule has 0 fully saturated rings. The largest absolute Gasteiger partial charge is 0.458 e. The Bertz CT molecular complexity index is 4620. The lowest BCUT2D eigenvalue weighted by atomic mass is 9.31. The Labute approximate surface area is 477 Å². The summed E-state index contributed by atoms with van der Waals surface area (Å²) in [7, 11) is 0. The van der Waals surface area contributed by atoms with Crippen molar-refractivity contribution in [3.05, 3.63) is 266 Å². The molecule has 0 amide bonds. The molecule has 378 valence electrons. The van der Waals surface area contributed by atoms with Crippen molar-refractivity contribution >= 4 is 78.5 Å². The van der Waals surface area contributed by atoms with Crippen LogP contribution in [0.1, 0.15) is 11.1 Å². The maximum atomic E-state index is 7.09. The van der Waals surface area contributed by atoms with E-state index in [-0.39, 0.29) is 13.4 Å². The molecule has 0 saturated carbocycles. The molecule has 0 spiro atoms. The highest BCUT2D eigenvalue weighted by molar-refractivity contribution is 7.01. The Morgan fingerprint density at radius 2 is 0.585 bits per heavy atom. The van der Waals surface area contributed by atoms with Crippen LogP contribution in [0.25, 0.3) is 121 Å². The van der Waals surface area contributed by atoms with Crippen LogP contribution in [0.4, 0.5) is 0 Å². The SMILES string of the molecule is Cc1cc2c3c(c1)-c1cc(-c4c(-c5ccccc5)cccc4-c4ccccc4)c4cc5c6c(cc(-c7c(-c8ccccc8)cccc7-c7ccccc7)c7cc(c1c4c76)B3c1ccccc1O2)-c1cc(C)cc2c1B5c1ccccc1O2. The normalized spacial score (nSPS) is 12.9. The van der Waals surface area contributed by atoms with Crippen LogP contribution in [-0.4, -0.2) is 13.4 Å². The van der Waals surface area contributed by atoms with Crippen molar-refractivity contribution in [2.75, 3.05) is 0 Å². The van der Waals surface area contributed by atoms with Gasteiger partial charge in [-0.05, 0) is 205 Å². The third-order valence-electron chi connectivity index (χ3n) is 18.4. The van der Waals surface area contributed by atoms with Gasteiger partial charge >= 0.3 is 0 Å². The molecule has 4 aliphatic rings. The maximum Gasteiger partial charge on any atom is 0.252 e. The summed E-state index contributed by atoms with van der Waals surface area (Å²) < 4.78 is 14.2. The van der Waals surface area contributed by atoms with Gasteiger partial charge in [-0.15, -0.1) is 0 Å². The van der Waals surface area contributed by atoms with Crippen LogP contribution in [0, 0.1) is 13.8 Å². The van der Waals surface area contributed by atoms with E-state index in [0.29, 0.717) is 0 Å². The van der Waals surface area contributed by atoms with Gasteiger partial charge in [-0.3, -0.25) is 0 Å². The molecule has 18 rings (SSSR count). The second-order valence-electron chi connectivity index (χ2n) is 23.0. The fourth-order valence-corrected chi connectivity index (χ4v) is 15.2. The number of benzene rings is 14. The van der Waals surface area contributed by atoms with Crippen molar-refractivity contribution in [1.82, 2.24) is 0 Å². The van der Waals surface area contributed by atoms with E-state index in [2.05, 4.69) is 269 Å². The molecule has 4 heteroatoms. The minimum atomic E-state index is -0.0943. The Hall–Kier alpha value is -10.2. The Morgan fingerprint density at radius 3 is 0.951 bits per heavy atom. The zero-order valence-electron chi connectivity index (χ0n) is 45.2. The summed E-state index contributed by atoms with van der Waals surface area (Å²) in [5.74, 6) is 3.69. The van der Waals surface area contributed by atoms with Crippen molar-refractivity contribution < 1.29 is 9.47 Å². The van der Waals surface area contributed by atoms with E-state index in [1.165, 1.54) is 165 Å². The second-order valence-corrected chi connectivity index (χ2v) is 23.0. The lowest BCUT2D eigenvalue weighted by Gasteiger charge is -2.38. The molecule has 2 nitrogen and oxygen atoms in total. The zero-order valence-corrected chi connectivity index (χ0v) is 45.2. The third kappa shape index (κ3) is 6.38. The Morgan fingerprint density at radius 1 is 0.244 bits per heavy atom. The van der Waals surface area contributed by atoms with Crippen molar-refractivity contribution in [3.8, 4) is 112 Å². The van der Waals surface area contributed by atoms with Gasteiger partial charge in [-0.25, -0.2) is 0 Å². The second kappa shape index (κ2) is 17.2. The van der Waals surface area contributed by atoms with Gasteiger partial charge in [-0.2, -0.15) is 0 Å². The average molecular weight is 1040 g/mol. The zero-order chi connectivity index (χ0) is 53.9. The molecule has 0 bridgehead atoms. The number of hydrogen-bond acceptors (Lipinski definition) is 2. The number of para-hydroxylation sites is 2. The summed E-state index contributed by atoms with van der Waals surface area (Å²) in [4.78, 5) is 0. The number of fused-ring (bicyclic) bond motifs is 8. The fourth-order valence-electron chi connectivity index (χ4n) is 15.2. The summed E-state index contributed by atoms with van der Waals surface area (Å²) in [6, 6.07) is 95.4. The molecule has 14 aromatic rings. The van der Waals surface area contributed by atoms with Crippen LogP contribution in [0.15, 0.2) is 255 Å². The average Bonchev–Trinajstić information content (AvgIpc) is 1.15. The summed E-state index contributed by atoms with van der Waals surface area (Å²) in [5.41, 5.74) is 29.1. The molecule has 0 radical (unpaired) electrons. The van der Waals surface area contributed by atoms with E-state index in [0.717, 1.165) is 23.0 Å². The highest BCUT2D eigenvalue weighted by atomic mass is 16.5. The monoisotopic (exact) mass is 1040 g/mol. The van der Waals surface area contributed by atoms with E-state index < -0.39 is 0 Å². The standard InChI is InChI=1S/C78H48B2O2/c1-45-37-61-57-41-55(71-51(47-21-7-3-8-22-47)29-19-30-52(71)48-23-9-4-10-24-48)59-44-66-74-58(62-38-46(2)40-70-78(62)80(66)64-34-16-18-36-68(64)82-70)42-56(72-53(49-25-11-5-12-26-49)31-20-32-54(72)50-27-13-6-14-28-50)60-43-65(73(57)75(59)76(60)74)79-63-33-15-17-35-67(63)81-69(39-45)77(61)79/h3-44H,1-2H3. The first-order chi connectivity index (χ1) is 40.5. The third-order valence-corrected chi connectivity index (χ3v) is 18.4. The first kappa shape index (κ1) is 45.7. The van der Waals surface area contributed by atoms with Gasteiger partial charge in [0.25, 0.3) is 13.4 Å². The topological polar surface area (TPSA) is 18.5 Å². The summed E-state index contributed by atoms with van der Waals surface area (Å²) in [6.07, 6.45) is 0. The summed E-state index contributed by atoms with van der Waals surface area (Å²) in [6.45, 7) is 4.27. The predicted octanol–water partition coefficient (Wildman–Crippen LogP) is 16.4. The van der Waals surface area contributed by atoms with Crippen LogP contribution in [0.2, 0.25) is 0 Å². The lowest BCUT2D eigenvalue weighted by molar-refractivity contribution is 0.487. The lowest BCUT2D eigenvalue weighted by Crippen LogP contribution is -2.58. The number of aryl methyl sites for hydroxylation is 2. The first-order valence-corrected chi connectivity index (χ1v) is 28.7. The summed E-state index contributed by atoms with van der Waals surface area (Å²) >= 11 is 0. The molecule has 4 heterocycles. The van der Waals surface area contributed by atoms with Crippen LogP contribution < -0.4 is 42.3 Å². The van der Waals surface area contributed by atoms with Gasteiger partial charge in [0.15, 0.2) is 0 Å². The van der Waals surface area contributed by atoms with Crippen molar-refractivity contribution in [2.24, 2.45) is 0 Å². The van der Waals surface area contributed by atoms with Crippen LogP contribution in [0.5, 0.6) is 23.0 Å². The van der Waals surface area contributed by atoms with Crippen LogP contribution >= 0.6 is 0 Å². The van der Waals surface area contributed by atoms with E-state index >= 15 is 0 Å². The Balaban J connectivity index is 1.12. The van der Waals surface area contributed by atoms with E-state index in [4.69, 9.17) is 9.47 Å². The molecule has 82 heavy (non-hydrogen) atoms. The molecule has 4 aliphatic heterocycles. The van der Waals surface area contributed by atoms with Gasteiger partial charge < -0.3 is 9.47 Å². The molecular formula is C78H48B2O2. The van der Waals surface area contributed by atoms with E-state index in [9.17, 15) is 0 Å². The molecule has 14 aromatic carbocycles. The molecule has 0 unspecified atom stereocenters. The minimum absolute atomic E-state index is 0.0943. The number of hydrogen-bond donors (Lipinski definition) is 0. The predicted molar refractivity (Wildman–Crippen MR) is 345 cm³/mol. The maximum absolute atomic E-state index is 7.09. The van der Waals surface area contributed by atoms with E-state index in [1.807, 2.05) is 0 Å². The van der Waals surface area contributed by atoms with Gasteiger partial charge in [0, 0.05) is 0 Å². The first-order valence-electron chi connectivity index (χ1n) is 28.7. The van der Waals surface area contributed by atoms with Gasteiger partial charge in [0.1, 0.15) is 23.0 Å². The highest BCUT2D eigenvalue weighted by Crippen LogP contribution is 2.55. The molecule has 0 aliphatic carbocycles. The molecule has 0 aromatic heterocycles. The van der Waals surface area contributed by atoms with Crippen molar-refractivity contribution in [2.45, 2.75) is 13.8 Å².